The van der Waals surface area contributed by atoms with Crippen LogP contribution in [0.3, 0.4) is 0 Å². The number of aromatic nitrogens is 3. The van der Waals surface area contributed by atoms with Crippen molar-refractivity contribution in [3.63, 3.8) is 0 Å². The fraction of sp³-hybridized carbons (Fsp3) is 0.182. The van der Waals surface area contributed by atoms with Crippen LogP contribution in [0.2, 0.25) is 5.28 Å². The average Bonchev–Trinajstić information content (AvgIpc) is 2.31. The van der Waals surface area contributed by atoms with Crippen LogP contribution in [0.1, 0.15) is 18.6 Å². The Labute approximate surface area is 112 Å². The van der Waals surface area contributed by atoms with Crippen molar-refractivity contribution in [2.24, 2.45) is 0 Å². The van der Waals surface area contributed by atoms with E-state index in [4.69, 9.17) is 22.1 Å². The van der Waals surface area contributed by atoms with Crippen LogP contribution in [0, 0.1) is 11.6 Å². The van der Waals surface area contributed by atoms with Gasteiger partial charge in [-0.05, 0) is 24.6 Å². The van der Waals surface area contributed by atoms with Gasteiger partial charge < -0.3 is 10.5 Å². The Morgan fingerprint density at radius 2 is 2.00 bits per heavy atom. The van der Waals surface area contributed by atoms with Crippen LogP contribution in [0.4, 0.5) is 14.7 Å². The van der Waals surface area contributed by atoms with E-state index in [1.807, 2.05) is 0 Å². The van der Waals surface area contributed by atoms with Gasteiger partial charge in [0, 0.05) is 5.56 Å². The second-order valence-corrected chi connectivity index (χ2v) is 3.99. The third-order valence-corrected chi connectivity index (χ3v) is 2.48. The van der Waals surface area contributed by atoms with Gasteiger partial charge in [-0.15, -0.1) is 0 Å². The van der Waals surface area contributed by atoms with Crippen LogP contribution in [0.25, 0.3) is 0 Å². The van der Waals surface area contributed by atoms with Crippen molar-refractivity contribution >= 4 is 17.5 Å². The number of nitrogens with zero attached hydrogens (tertiary/aromatic N) is 3. The zero-order valence-corrected chi connectivity index (χ0v) is 10.5. The summed E-state index contributed by atoms with van der Waals surface area (Å²) < 4.78 is 31.9. The lowest BCUT2D eigenvalue weighted by Gasteiger charge is -2.14. The van der Waals surface area contributed by atoms with Gasteiger partial charge in [0.05, 0.1) is 0 Å². The average molecular weight is 287 g/mol. The van der Waals surface area contributed by atoms with E-state index in [1.165, 1.54) is 19.1 Å². The maximum absolute atomic E-state index is 13.6. The van der Waals surface area contributed by atoms with E-state index in [2.05, 4.69) is 15.0 Å². The molecule has 1 aromatic heterocycles. The summed E-state index contributed by atoms with van der Waals surface area (Å²) in [6, 6.07) is 3.63. The first kappa shape index (κ1) is 13.4. The minimum absolute atomic E-state index is 0.0371. The van der Waals surface area contributed by atoms with Crippen LogP contribution >= 0.6 is 11.6 Å². The number of hydrogen-bond donors (Lipinski definition) is 1. The third kappa shape index (κ3) is 3.05. The molecule has 2 N–H and O–H groups in total. The molecule has 0 aliphatic rings. The molecule has 0 spiro atoms. The highest BCUT2D eigenvalue weighted by molar-refractivity contribution is 6.28. The molecule has 0 saturated heterocycles. The minimum atomic E-state index is -0.983. The van der Waals surface area contributed by atoms with Crippen LogP contribution in [0.5, 0.6) is 6.01 Å². The fourth-order valence-corrected chi connectivity index (χ4v) is 1.61. The quantitative estimate of drug-likeness (QED) is 0.938. The Kier molecular flexibility index (Phi) is 3.75. The number of rotatable bonds is 3. The summed E-state index contributed by atoms with van der Waals surface area (Å²) in [6.45, 7) is 1.52. The monoisotopic (exact) mass is 286 g/mol. The lowest BCUT2D eigenvalue weighted by molar-refractivity contribution is 0.201. The Morgan fingerprint density at radius 1 is 1.26 bits per heavy atom. The molecule has 0 fully saturated rings. The van der Waals surface area contributed by atoms with Gasteiger partial charge >= 0.3 is 6.01 Å². The van der Waals surface area contributed by atoms with Crippen molar-refractivity contribution < 1.29 is 13.5 Å². The largest absolute Gasteiger partial charge is 0.455 e. The molecular weight excluding hydrogens is 278 g/mol. The summed E-state index contributed by atoms with van der Waals surface area (Å²) in [5.74, 6) is -2.06. The Morgan fingerprint density at radius 3 is 2.68 bits per heavy atom. The van der Waals surface area contributed by atoms with Gasteiger partial charge in [0.15, 0.2) is 11.6 Å². The highest BCUT2D eigenvalue weighted by Gasteiger charge is 2.17. The number of nitrogen functional groups attached to an aromatic ring is 1. The Bertz CT molecular complexity index is 591. The van der Waals surface area contributed by atoms with Crippen molar-refractivity contribution in [3.8, 4) is 6.01 Å². The summed E-state index contributed by atoms with van der Waals surface area (Å²) in [4.78, 5) is 10.9. The van der Waals surface area contributed by atoms with Crippen molar-refractivity contribution in [2.75, 3.05) is 5.73 Å². The van der Waals surface area contributed by atoms with E-state index in [-0.39, 0.29) is 22.8 Å². The van der Waals surface area contributed by atoms with E-state index in [9.17, 15) is 8.78 Å². The molecule has 2 rings (SSSR count). The molecule has 1 unspecified atom stereocenters. The van der Waals surface area contributed by atoms with E-state index >= 15 is 0 Å². The maximum Gasteiger partial charge on any atom is 0.323 e. The number of anilines is 1. The summed E-state index contributed by atoms with van der Waals surface area (Å²) in [5, 5.41) is -0.144. The van der Waals surface area contributed by atoms with Gasteiger partial charge in [-0.2, -0.15) is 15.0 Å². The molecule has 19 heavy (non-hydrogen) atoms. The zero-order chi connectivity index (χ0) is 14.0. The summed E-state index contributed by atoms with van der Waals surface area (Å²) in [7, 11) is 0. The Balaban J connectivity index is 2.25. The highest BCUT2D eigenvalue weighted by Crippen LogP contribution is 2.23. The van der Waals surface area contributed by atoms with Crippen molar-refractivity contribution in [1.82, 2.24) is 15.0 Å². The van der Waals surface area contributed by atoms with Gasteiger partial charge in [0.1, 0.15) is 6.10 Å². The van der Waals surface area contributed by atoms with E-state index in [0.717, 1.165) is 6.07 Å². The minimum Gasteiger partial charge on any atom is -0.455 e. The predicted octanol–water partition coefficient (Wildman–Crippen LogP) is 2.53. The van der Waals surface area contributed by atoms with E-state index < -0.39 is 17.7 Å². The Hall–Kier alpha value is -2.02. The first-order valence-corrected chi connectivity index (χ1v) is 5.63. The SMILES string of the molecule is CC(Oc1nc(N)nc(Cl)n1)c1cccc(F)c1F. The molecule has 0 aliphatic heterocycles. The van der Waals surface area contributed by atoms with Crippen molar-refractivity contribution in [2.45, 2.75) is 13.0 Å². The number of nitrogens with two attached hydrogens (primary N) is 1. The first-order chi connectivity index (χ1) is 8.97. The highest BCUT2D eigenvalue weighted by atomic mass is 35.5. The molecule has 1 heterocycles. The van der Waals surface area contributed by atoms with Crippen LogP contribution in [-0.2, 0) is 0 Å². The van der Waals surface area contributed by atoms with Gasteiger partial charge in [0.25, 0.3) is 0 Å². The molecule has 100 valence electrons. The lowest BCUT2D eigenvalue weighted by Crippen LogP contribution is -2.10. The molecule has 5 nitrogen and oxygen atoms in total. The predicted molar refractivity (Wildman–Crippen MR) is 64.7 cm³/mol. The molecule has 2 aromatic rings. The molecule has 8 heteroatoms. The molecule has 0 bridgehead atoms. The summed E-state index contributed by atoms with van der Waals surface area (Å²) >= 11 is 5.58. The van der Waals surface area contributed by atoms with Crippen molar-refractivity contribution in [3.05, 3.63) is 40.7 Å². The van der Waals surface area contributed by atoms with Crippen LogP contribution in [0.15, 0.2) is 18.2 Å². The standard InChI is InChI=1S/C11H9ClF2N4O/c1-5(6-3-2-4-7(13)8(6)14)19-11-17-9(12)16-10(15)18-11/h2-5H,1H3,(H2,15,16,17,18). The van der Waals surface area contributed by atoms with Crippen molar-refractivity contribution in [1.29, 1.82) is 0 Å². The van der Waals surface area contributed by atoms with Gasteiger partial charge in [-0.25, -0.2) is 8.78 Å². The van der Waals surface area contributed by atoms with E-state index in [1.54, 1.807) is 0 Å². The summed E-state index contributed by atoms with van der Waals surface area (Å²) in [5.41, 5.74) is 5.40. The molecule has 0 radical (unpaired) electrons. The van der Waals surface area contributed by atoms with Crippen LogP contribution < -0.4 is 10.5 Å². The number of hydrogen-bond acceptors (Lipinski definition) is 5. The number of halogens is 3. The molecule has 1 aromatic carbocycles. The molecule has 0 amide bonds. The molecule has 0 aliphatic carbocycles. The summed E-state index contributed by atoms with van der Waals surface area (Å²) in [6.07, 6.45) is -0.812. The zero-order valence-electron chi connectivity index (χ0n) is 9.77. The number of ether oxygens (including phenoxy) is 1. The van der Waals surface area contributed by atoms with Gasteiger partial charge in [-0.1, -0.05) is 12.1 Å². The molecule has 0 saturated carbocycles. The maximum atomic E-state index is 13.6. The molecule has 1 atom stereocenters. The second-order valence-electron chi connectivity index (χ2n) is 3.65. The molecular formula is C11H9ClF2N4O. The first-order valence-electron chi connectivity index (χ1n) is 5.25. The topological polar surface area (TPSA) is 73.9 Å². The lowest BCUT2D eigenvalue weighted by atomic mass is 10.1. The smallest absolute Gasteiger partial charge is 0.323 e. The van der Waals surface area contributed by atoms with E-state index in [0.29, 0.717) is 0 Å². The van der Waals surface area contributed by atoms with Gasteiger partial charge in [0.2, 0.25) is 11.2 Å². The normalized spacial score (nSPS) is 12.2. The number of benzene rings is 1. The second kappa shape index (κ2) is 5.31. The fourth-order valence-electron chi connectivity index (χ4n) is 1.46. The third-order valence-electron chi connectivity index (χ3n) is 2.31. The van der Waals surface area contributed by atoms with Crippen LogP contribution in [-0.4, -0.2) is 15.0 Å². The van der Waals surface area contributed by atoms with Gasteiger partial charge in [-0.3, -0.25) is 0 Å².